The topological polar surface area (TPSA) is 50.4 Å². The second-order valence-corrected chi connectivity index (χ2v) is 5.43. The molecule has 1 amide bonds. The Morgan fingerprint density at radius 3 is 2.50 bits per heavy atom. The largest absolute Gasteiger partial charge is 0.444 e. The van der Waals surface area contributed by atoms with Crippen molar-refractivity contribution < 1.29 is 9.53 Å². The second-order valence-electron chi connectivity index (χ2n) is 5.43. The molecule has 0 aromatic rings. The van der Waals surface area contributed by atoms with Crippen LogP contribution in [0.25, 0.3) is 0 Å². The minimum Gasteiger partial charge on any atom is -0.444 e. The first-order chi connectivity index (χ1) is 7.40. The van der Waals surface area contributed by atoms with Crippen LogP contribution in [0.15, 0.2) is 0 Å². The highest BCUT2D eigenvalue weighted by molar-refractivity contribution is 5.68. The Kier molecular flexibility index (Phi) is 4.59. The molecule has 0 heterocycles. The van der Waals surface area contributed by atoms with Crippen molar-refractivity contribution in [2.24, 2.45) is 0 Å². The summed E-state index contributed by atoms with van der Waals surface area (Å²) in [6.45, 7) is 8.51. The Bertz CT molecular complexity index is 232. The average Bonchev–Trinajstić information content (AvgIpc) is 2.92. The summed E-state index contributed by atoms with van der Waals surface area (Å²) in [7, 11) is 0. The molecule has 1 saturated carbocycles. The Morgan fingerprint density at radius 2 is 2.06 bits per heavy atom. The molecule has 1 unspecified atom stereocenters. The lowest BCUT2D eigenvalue weighted by atomic mass is 10.2. The Labute approximate surface area is 98.1 Å². The van der Waals surface area contributed by atoms with E-state index in [0.29, 0.717) is 6.04 Å². The van der Waals surface area contributed by atoms with Crippen LogP contribution < -0.4 is 10.6 Å². The van der Waals surface area contributed by atoms with Crippen LogP contribution in [0.2, 0.25) is 0 Å². The molecule has 4 heteroatoms. The van der Waals surface area contributed by atoms with Crippen LogP contribution in [0.1, 0.15) is 47.0 Å². The lowest BCUT2D eigenvalue weighted by molar-refractivity contribution is 0.0502. The van der Waals surface area contributed by atoms with Gasteiger partial charge in [0.1, 0.15) is 5.60 Å². The maximum absolute atomic E-state index is 11.5. The van der Waals surface area contributed by atoms with Gasteiger partial charge in [-0.25, -0.2) is 4.79 Å². The molecule has 0 aliphatic heterocycles. The lowest BCUT2D eigenvalue weighted by Gasteiger charge is -2.23. The van der Waals surface area contributed by atoms with Gasteiger partial charge in [0.05, 0.1) is 0 Å². The number of hydrogen-bond donors (Lipinski definition) is 2. The second kappa shape index (κ2) is 5.53. The molecule has 2 N–H and O–H groups in total. The number of alkyl carbamates (subject to hydrolysis) is 1. The fourth-order valence-corrected chi connectivity index (χ4v) is 1.37. The molecule has 4 nitrogen and oxygen atoms in total. The molecular weight excluding hydrogens is 204 g/mol. The zero-order valence-corrected chi connectivity index (χ0v) is 10.8. The highest BCUT2D eigenvalue weighted by atomic mass is 16.6. The first-order valence-electron chi connectivity index (χ1n) is 6.13. The molecule has 0 radical (unpaired) electrons. The summed E-state index contributed by atoms with van der Waals surface area (Å²) in [4.78, 5) is 11.5. The van der Waals surface area contributed by atoms with Gasteiger partial charge in [0.15, 0.2) is 0 Å². The highest BCUT2D eigenvalue weighted by Crippen LogP contribution is 2.18. The molecule has 0 bridgehead atoms. The SMILES string of the molecule is CCC(CNC1CC1)NC(=O)OC(C)(C)C. The molecule has 0 aromatic heterocycles. The van der Waals surface area contributed by atoms with E-state index < -0.39 is 5.60 Å². The number of amides is 1. The van der Waals surface area contributed by atoms with Crippen molar-refractivity contribution in [3.05, 3.63) is 0 Å². The summed E-state index contributed by atoms with van der Waals surface area (Å²) in [5, 5.41) is 6.29. The maximum atomic E-state index is 11.5. The zero-order chi connectivity index (χ0) is 12.2. The van der Waals surface area contributed by atoms with Gasteiger partial charge in [-0.15, -0.1) is 0 Å². The van der Waals surface area contributed by atoms with Crippen molar-refractivity contribution >= 4 is 6.09 Å². The summed E-state index contributed by atoms with van der Waals surface area (Å²) < 4.78 is 5.21. The Hall–Kier alpha value is -0.770. The third kappa shape index (κ3) is 5.95. The summed E-state index contributed by atoms with van der Waals surface area (Å²) in [5.41, 5.74) is -0.424. The van der Waals surface area contributed by atoms with Crippen LogP contribution in [-0.4, -0.2) is 30.3 Å². The molecule has 1 rings (SSSR count). The molecule has 1 aliphatic carbocycles. The Balaban J connectivity index is 2.22. The van der Waals surface area contributed by atoms with Crippen LogP contribution in [-0.2, 0) is 4.74 Å². The van der Waals surface area contributed by atoms with Crippen molar-refractivity contribution in [1.82, 2.24) is 10.6 Å². The fourth-order valence-electron chi connectivity index (χ4n) is 1.37. The van der Waals surface area contributed by atoms with Gasteiger partial charge in [0.25, 0.3) is 0 Å². The van der Waals surface area contributed by atoms with Gasteiger partial charge in [-0.05, 0) is 40.0 Å². The molecule has 0 aromatic carbocycles. The minimum absolute atomic E-state index is 0.162. The van der Waals surface area contributed by atoms with Gasteiger partial charge in [-0.1, -0.05) is 6.92 Å². The van der Waals surface area contributed by atoms with E-state index >= 15 is 0 Å². The van der Waals surface area contributed by atoms with Crippen molar-refractivity contribution in [3.63, 3.8) is 0 Å². The molecule has 1 aliphatic rings. The van der Waals surface area contributed by atoms with Crippen molar-refractivity contribution in [2.45, 2.75) is 64.6 Å². The van der Waals surface area contributed by atoms with Gasteiger partial charge in [-0.2, -0.15) is 0 Å². The predicted octanol–water partition coefficient (Wildman–Crippen LogP) is 2.04. The number of rotatable bonds is 5. The maximum Gasteiger partial charge on any atom is 0.407 e. The number of hydrogen-bond acceptors (Lipinski definition) is 3. The number of ether oxygens (including phenoxy) is 1. The number of carbonyl (C=O) groups is 1. The van der Waals surface area contributed by atoms with Crippen LogP contribution in [0.4, 0.5) is 4.79 Å². The van der Waals surface area contributed by atoms with Gasteiger partial charge >= 0.3 is 6.09 Å². The van der Waals surface area contributed by atoms with Crippen molar-refractivity contribution in [2.75, 3.05) is 6.54 Å². The smallest absolute Gasteiger partial charge is 0.407 e. The van der Waals surface area contributed by atoms with Crippen LogP contribution >= 0.6 is 0 Å². The van der Waals surface area contributed by atoms with E-state index in [1.54, 1.807) is 0 Å². The van der Waals surface area contributed by atoms with Gasteiger partial charge in [0, 0.05) is 18.6 Å². The summed E-state index contributed by atoms with van der Waals surface area (Å²) in [6, 6.07) is 0.838. The van der Waals surface area contributed by atoms with E-state index in [4.69, 9.17) is 4.74 Å². The first kappa shape index (κ1) is 13.3. The highest BCUT2D eigenvalue weighted by Gasteiger charge is 2.23. The van der Waals surface area contributed by atoms with E-state index in [1.807, 2.05) is 20.8 Å². The van der Waals surface area contributed by atoms with E-state index in [9.17, 15) is 4.79 Å². The third-order valence-electron chi connectivity index (χ3n) is 2.44. The van der Waals surface area contributed by atoms with Gasteiger partial charge < -0.3 is 15.4 Å². The molecule has 1 fully saturated rings. The van der Waals surface area contributed by atoms with E-state index in [0.717, 1.165) is 13.0 Å². The van der Waals surface area contributed by atoms with Crippen LogP contribution in [0.3, 0.4) is 0 Å². The molecule has 1 atom stereocenters. The molecule has 94 valence electrons. The van der Waals surface area contributed by atoms with Gasteiger partial charge in [-0.3, -0.25) is 0 Å². The van der Waals surface area contributed by atoms with E-state index in [-0.39, 0.29) is 12.1 Å². The predicted molar refractivity (Wildman–Crippen MR) is 64.5 cm³/mol. The standard InChI is InChI=1S/C12H24N2O2/c1-5-9(8-13-10-6-7-10)14-11(15)16-12(2,3)4/h9-10,13H,5-8H2,1-4H3,(H,14,15). The molecule has 16 heavy (non-hydrogen) atoms. The summed E-state index contributed by atoms with van der Waals surface area (Å²) >= 11 is 0. The summed E-state index contributed by atoms with van der Waals surface area (Å²) in [5.74, 6) is 0. The van der Waals surface area contributed by atoms with E-state index in [2.05, 4.69) is 17.6 Å². The number of nitrogens with one attached hydrogen (secondary N) is 2. The minimum atomic E-state index is -0.424. The quantitative estimate of drug-likeness (QED) is 0.757. The molecule has 0 saturated heterocycles. The van der Waals surface area contributed by atoms with Crippen molar-refractivity contribution in [1.29, 1.82) is 0 Å². The fraction of sp³-hybridized carbons (Fsp3) is 0.917. The zero-order valence-electron chi connectivity index (χ0n) is 10.8. The molecule has 0 spiro atoms. The molecular formula is C12H24N2O2. The summed E-state index contributed by atoms with van der Waals surface area (Å²) in [6.07, 6.45) is 3.13. The first-order valence-corrected chi connectivity index (χ1v) is 6.13. The van der Waals surface area contributed by atoms with Crippen LogP contribution in [0, 0.1) is 0 Å². The van der Waals surface area contributed by atoms with Crippen molar-refractivity contribution in [3.8, 4) is 0 Å². The van der Waals surface area contributed by atoms with E-state index in [1.165, 1.54) is 12.8 Å². The number of carbonyl (C=O) groups excluding carboxylic acids is 1. The van der Waals surface area contributed by atoms with Crippen LogP contribution in [0.5, 0.6) is 0 Å². The van der Waals surface area contributed by atoms with Gasteiger partial charge in [0.2, 0.25) is 0 Å². The lowest BCUT2D eigenvalue weighted by Crippen LogP contribution is -2.44. The Morgan fingerprint density at radius 1 is 1.44 bits per heavy atom. The third-order valence-corrected chi connectivity index (χ3v) is 2.44. The average molecular weight is 228 g/mol. The normalized spacial score (nSPS) is 18.0. The monoisotopic (exact) mass is 228 g/mol.